The Kier molecular flexibility index (Phi) is 6.54. The number of rotatable bonds is 7. The number of halogens is 3. The molecule has 0 aliphatic heterocycles. The third-order valence-corrected chi connectivity index (χ3v) is 5.69. The molecule has 1 heterocycles. The lowest BCUT2D eigenvalue weighted by molar-refractivity contribution is 0.0953. The Morgan fingerprint density at radius 3 is 2.55 bits per heavy atom. The van der Waals surface area contributed by atoms with Gasteiger partial charge >= 0.3 is 0 Å². The van der Waals surface area contributed by atoms with Crippen LogP contribution in [0.25, 0.3) is 11.0 Å². The van der Waals surface area contributed by atoms with Gasteiger partial charge in [-0.25, -0.2) is 9.37 Å². The molecule has 0 bridgehead atoms. The summed E-state index contributed by atoms with van der Waals surface area (Å²) in [5, 5.41) is 3.89. The first-order valence-electron chi connectivity index (χ1n) is 9.94. The minimum Gasteiger partial charge on any atom is -0.352 e. The molecule has 158 valence electrons. The van der Waals surface area contributed by atoms with Crippen LogP contribution in [-0.4, -0.2) is 22.0 Å². The van der Waals surface area contributed by atoms with Crippen LogP contribution in [0.5, 0.6) is 0 Å². The quantitative estimate of drug-likeness (QED) is 0.353. The smallest absolute Gasteiger partial charge is 0.251 e. The Bertz CT molecular complexity index is 1200. The minimum atomic E-state index is -0.341. The molecule has 4 aromatic rings. The summed E-state index contributed by atoms with van der Waals surface area (Å²) in [6, 6.07) is 19.2. The molecule has 0 unspecified atom stereocenters. The van der Waals surface area contributed by atoms with Gasteiger partial charge in [0.1, 0.15) is 11.6 Å². The molecule has 0 saturated carbocycles. The van der Waals surface area contributed by atoms with Gasteiger partial charge in [0.05, 0.1) is 17.6 Å². The fourth-order valence-electron chi connectivity index (χ4n) is 3.49. The van der Waals surface area contributed by atoms with E-state index in [9.17, 15) is 9.18 Å². The zero-order valence-corrected chi connectivity index (χ0v) is 18.1. The zero-order chi connectivity index (χ0) is 21.8. The summed E-state index contributed by atoms with van der Waals surface area (Å²) in [6.07, 6.45) is 1.31. The lowest BCUT2D eigenvalue weighted by Gasteiger charge is -2.12. The maximum Gasteiger partial charge on any atom is 0.251 e. The van der Waals surface area contributed by atoms with E-state index < -0.39 is 0 Å². The second-order valence-electron chi connectivity index (χ2n) is 7.17. The lowest BCUT2D eigenvalue weighted by atomic mass is 10.2. The van der Waals surface area contributed by atoms with Crippen LogP contribution < -0.4 is 5.32 Å². The minimum absolute atomic E-state index is 0.150. The van der Waals surface area contributed by atoms with Gasteiger partial charge in [-0.05, 0) is 55.0 Å². The van der Waals surface area contributed by atoms with Crippen LogP contribution in [0.3, 0.4) is 0 Å². The van der Waals surface area contributed by atoms with Gasteiger partial charge in [0, 0.05) is 34.1 Å². The molecule has 0 atom stereocenters. The molecule has 3 aromatic carbocycles. The molecule has 0 spiro atoms. The summed E-state index contributed by atoms with van der Waals surface area (Å²) in [5.74, 6) is 0.330. The second kappa shape index (κ2) is 9.50. The molecule has 31 heavy (non-hydrogen) atoms. The normalized spacial score (nSPS) is 11.1. The second-order valence-corrected chi connectivity index (χ2v) is 8.01. The van der Waals surface area contributed by atoms with Crippen molar-refractivity contribution in [2.75, 3.05) is 6.54 Å². The molecule has 1 N–H and O–H groups in total. The molecule has 1 amide bonds. The van der Waals surface area contributed by atoms with E-state index >= 15 is 0 Å². The summed E-state index contributed by atoms with van der Waals surface area (Å²) >= 11 is 12.1. The molecular weight excluding hydrogens is 436 g/mol. The van der Waals surface area contributed by atoms with Crippen molar-refractivity contribution in [3.8, 4) is 0 Å². The van der Waals surface area contributed by atoms with Crippen LogP contribution in [0, 0.1) is 5.82 Å². The van der Waals surface area contributed by atoms with Crippen molar-refractivity contribution in [1.29, 1.82) is 0 Å². The highest BCUT2D eigenvalue weighted by atomic mass is 35.5. The van der Waals surface area contributed by atoms with Crippen LogP contribution in [0.4, 0.5) is 4.39 Å². The molecule has 0 fully saturated rings. The summed E-state index contributed by atoms with van der Waals surface area (Å²) in [5.41, 5.74) is 2.76. The lowest BCUT2D eigenvalue weighted by Crippen LogP contribution is -2.25. The van der Waals surface area contributed by atoms with Crippen LogP contribution in [0.2, 0.25) is 10.0 Å². The molecule has 0 saturated heterocycles. The van der Waals surface area contributed by atoms with Crippen molar-refractivity contribution in [2.24, 2.45) is 0 Å². The maximum absolute atomic E-state index is 14.4. The van der Waals surface area contributed by atoms with E-state index in [0.717, 1.165) is 16.9 Å². The number of carbonyl (C=O) groups is 1. The van der Waals surface area contributed by atoms with Crippen molar-refractivity contribution >= 4 is 40.1 Å². The number of hydrogen-bond donors (Lipinski definition) is 1. The number of imidazole rings is 1. The fourth-order valence-corrected chi connectivity index (χ4v) is 3.83. The summed E-state index contributed by atoms with van der Waals surface area (Å²) in [6.45, 7) is 0.781. The van der Waals surface area contributed by atoms with E-state index in [1.54, 1.807) is 36.4 Å². The summed E-state index contributed by atoms with van der Waals surface area (Å²) in [4.78, 5) is 17.0. The highest BCUT2D eigenvalue weighted by Crippen LogP contribution is 2.24. The Morgan fingerprint density at radius 1 is 1.00 bits per heavy atom. The topological polar surface area (TPSA) is 46.9 Å². The highest BCUT2D eigenvalue weighted by Gasteiger charge is 2.15. The van der Waals surface area contributed by atoms with Crippen LogP contribution in [0.15, 0.2) is 66.7 Å². The SMILES string of the molecule is O=C(NCCCc1nc2ccccc2n1Cc1c(F)cccc1Cl)c1ccc(Cl)cc1. The number of aryl methyl sites for hydroxylation is 1. The van der Waals surface area contributed by atoms with Crippen LogP contribution in [-0.2, 0) is 13.0 Å². The third-order valence-electron chi connectivity index (χ3n) is 5.08. The first kappa shape index (κ1) is 21.3. The first-order valence-corrected chi connectivity index (χ1v) is 10.7. The maximum atomic E-state index is 14.4. The number of fused-ring (bicyclic) bond motifs is 1. The van der Waals surface area contributed by atoms with Gasteiger partial charge in [0.2, 0.25) is 0 Å². The highest BCUT2D eigenvalue weighted by molar-refractivity contribution is 6.31. The van der Waals surface area contributed by atoms with Crippen molar-refractivity contribution in [2.45, 2.75) is 19.4 Å². The van der Waals surface area contributed by atoms with Gasteiger partial charge in [0.25, 0.3) is 5.91 Å². The molecule has 0 radical (unpaired) electrons. The molecule has 0 aliphatic rings. The van der Waals surface area contributed by atoms with Crippen LogP contribution in [0.1, 0.15) is 28.2 Å². The Labute approximate surface area is 189 Å². The van der Waals surface area contributed by atoms with Gasteiger partial charge in [-0.2, -0.15) is 0 Å². The molecule has 1 aromatic heterocycles. The van der Waals surface area contributed by atoms with Gasteiger partial charge in [0.15, 0.2) is 0 Å². The van der Waals surface area contributed by atoms with Crippen molar-refractivity contribution in [3.05, 3.63) is 99.5 Å². The van der Waals surface area contributed by atoms with Gasteiger partial charge < -0.3 is 9.88 Å². The van der Waals surface area contributed by atoms with E-state index in [-0.39, 0.29) is 11.7 Å². The third kappa shape index (κ3) is 4.89. The Hall–Kier alpha value is -2.89. The fraction of sp³-hybridized carbons (Fsp3) is 0.167. The summed E-state index contributed by atoms with van der Waals surface area (Å²) < 4.78 is 16.4. The number of amides is 1. The molecule has 7 heteroatoms. The molecular formula is C24H20Cl2FN3O. The molecule has 0 aliphatic carbocycles. The molecule has 4 rings (SSSR count). The van der Waals surface area contributed by atoms with Gasteiger partial charge in [-0.15, -0.1) is 0 Å². The zero-order valence-electron chi connectivity index (χ0n) is 16.6. The van der Waals surface area contributed by atoms with Gasteiger partial charge in [-0.3, -0.25) is 4.79 Å². The number of hydrogen-bond acceptors (Lipinski definition) is 2. The van der Waals surface area contributed by atoms with Crippen LogP contribution >= 0.6 is 23.2 Å². The predicted molar refractivity (Wildman–Crippen MR) is 122 cm³/mol. The predicted octanol–water partition coefficient (Wildman–Crippen LogP) is 5.89. The van der Waals surface area contributed by atoms with Crippen molar-refractivity contribution < 1.29 is 9.18 Å². The average molecular weight is 456 g/mol. The Morgan fingerprint density at radius 2 is 1.77 bits per heavy atom. The monoisotopic (exact) mass is 455 g/mol. The standard InChI is InChI=1S/C24H20Cl2FN3O/c25-17-12-10-16(11-13-17)24(31)28-14-4-9-23-29-21-7-1-2-8-22(21)30(23)15-18-19(26)5-3-6-20(18)27/h1-3,5-8,10-13H,4,9,14-15H2,(H,28,31). The number of benzene rings is 3. The van der Waals surface area contributed by atoms with E-state index in [1.165, 1.54) is 6.07 Å². The molecule has 4 nitrogen and oxygen atoms in total. The van der Waals surface area contributed by atoms with E-state index in [2.05, 4.69) is 5.32 Å². The van der Waals surface area contributed by atoms with Crippen molar-refractivity contribution in [1.82, 2.24) is 14.9 Å². The van der Waals surface area contributed by atoms with Crippen molar-refractivity contribution in [3.63, 3.8) is 0 Å². The number of para-hydroxylation sites is 2. The number of nitrogens with zero attached hydrogens (tertiary/aromatic N) is 2. The van der Waals surface area contributed by atoms with Gasteiger partial charge in [-0.1, -0.05) is 41.4 Å². The van der Waals surface area contributed by atoms with E-state index in [1.807, 2.05) is 28.8 Å². The largest absolute Gasteiger partial charge is 0.352 e. The first-order chi connectivity index (χ1) is 15.0. The number of carbonyl (C=O) groups excluding carboxylic acids is 1. The number of nitrogens with one attached hydrogen (secondary N) is 1. The average Bonchev–Trinajstić information content (AvgIpc) is 3.11. The van der Waals surface area contributed by atoms with E-state index in [0.29, 0.717) is 47.1 Å². The van der Waals surface area contributed by atoms with E-state index in [4.69, 9.17) is 28.2 Å². The number of aromatic nitrogens is 2. The Balaban J connectivity index is 1.48. The summed E-state index contributed by atoms with van der Waals surface area (Å²) in [7, 11) is 0.